The lowest BCUT2D eigenvalue weighted by atomic mass is 10.3. The molecule has 0 radical (unpaired) electrons. The van der Waals surface area contributed by atoms with Crippen LogP contribution in [0, 0.1) is 0 Å². The summed E-state index contributed by atoms with van der Waals surface area (Å²) in [7, 11) is 1.74. The summed E-state index contributed by atoms with van der Waals surface area (Å²) in [5, 5.41) is 11.4. The second kappa shape index (κ2) is 4.23. The minimum Gasteiger partial charge on any atom is -0.357 e. The van der Waals surface area contributed by atoms with Crippen molar-refractivity contribution in [2.75, 3.05) is 12.4 Å². The number of hydrogen-bond acceptors (Lipinski definition) is 5. The molecule has 2 heterocycles. The molecule has 0 fully saturated rings. The van der Waals surface area contributed by atoms with E-state index >= 15 is 0 Å². The van der Waals surface area contributed by atoms with Crippen LogP contribution < -0.4 is 5.32 Å². The van der Waals surface area contributed by atoms with Crippen molar-refractivity contribution in [3.63, 3.8) is 0 Å². The number of aromatic nitrogens is 5. The summed E-state index contributed by atoms with van der Waals surface area (Å²) in [6.45, 7) is 0. The van der Waals surface area contributed by atoms with E-state index in [-0.39, 0.29) is 0 Å². The van der Waals surface area contributed by atoms with Gasteiger partial charge in [-0.3, -0.25) is 0 Å². The zero-order valence-corrected chi connectivity index (χ0v) is 10.3. The Hall–Kier alpha value is -2.21. The fourth-order valence-electron chi connectivity index (χ4n) is 1.65. The molecule has 0 spiro atoms. The zero-order chi connectivity index (χ0) is 12.5. The van der Waals surface area contributed by atoms with Gasteiger partial charge in [0.25, 0.3) is 0 Å². The van der Waals surface area contributed by atoms with Gasteiger partial charge in [0.1, 0.15) is 10.5 Å². The summed E-state index contributed by atoms with van der Waals surface area (Å²) >= 11 is 6.10. The van der Waals surface area contributed by atoms with Gasteiger partial charge < -0.3 is 5.32 Å². The molecule has 7 heteroatoms. The van der Waals surface area contributed by atoms with Crippen molar-refractivity contribution in [2.24, 2.45) is 0 Å². The third-order valence-electron chi connectivity index (χ3n) is 2.50. The molecule has 0 saturated heterocycles. The first-order chi connectivity index (χ1) is 8.79. The molecule has 0 aliphatic rings. The molecule has 0 aliphatic carbocycles. The molecule has 2 aromatic heterocycles. The number of benzene rings is 1. The maximum Gasteiger partial charge on any atom is 0.224 e. The SMILES string of the molecule is CNc1ncc(Cl)c(-n2nnc3ccccc32)n1. The molecule has 3 rings (SSSR count). The van der Waals surface area contributed by atoms with E-state index in [1.165, 1.54) is 6.20 Å². The van der Waals surface area contributed by atoms with Crippen LogP contribution in [0.1, 0.15) is 0 Å². The Labute approximate surface area is 108 Å². The van der Waals surface area contributed by atoms with Crippen molar-refractivity contribution < 1.29 is 0 Å². The molecule has 0 bridgehead atoms. The van der Waals surface area contributed by atoms with Gasteiger partial charge >= 0.3 is 0 Å². The van der Waals surface area contributed by atoms with Gasteiger partial charge in [0.2, 0.25) is 5.95 Å². The molecular formula is C11H9ClN6. The van der Waals surface area contributed by atoms with Gasteiger partial charge in [-0.15, -0.1) is 5.10 Å². The highest BCUT2D eigenvalue weighted by Gasteiger charge is 2.11. The van der Waals surface area contributed by atoms with Gasteiger partial charge in [0.05, 0.1) is 11.7 Å². The maximum atomic E-state index is 6.10. The Kier molecular flexibility index (Phi) is 2.56. The maximum absolute atomic E-state index is 6.10. The third kappa shape index (κ3) is 1.67. The Balaban J connectivity index is 2.25. The summed E-state index contributed by atoms with van der Waals surface area (Å²) in [4.78, 5) is 8.32. The van der Waals surface area contributed by atoms with E-state index < -0.39 is 0 Å². The number of nitrogens with one attached hydrogen (secondary N) is 1. The number of rotatable bonds is 2. The lowest BCUT2D eigenvalue weighted by molar-refractivity contribution is 0.798. The fraction of sp³-hybridized carbons (Fsp3) is 0.0909. The van der Waals surface area contributed by atoms with E-state index in [1.807, 2.05) is 24.3 Å². The monoisotopic (exact) mass is 260 g/mol. The average Bonchev–Trinajstić information content (AvgIpc) is 2.83. The van der Waals surface area contributed by atoms with E-state index in [9.17, 15) is 0 Å². The van der Waals surface area contributed by atoms with Crippen molar-refractivity contribution in [3.8, 4) is 5.82 Å². The van der Waals surface area contributed by atoms with Crippen LogP contribution in [0.3, 0.4) is 0 Å². The van der Waals surface area contributed by atoms with Crippen molar-refractivity contribution in [3.05, 3.63) is 35.5 Å². The van der Waals surface area contributed by atoms with E-state index in [0.29, 0.717) is 16.8 Å². The fourth-order valence-corrected chi connectivity index (χ4v) is 1.82. The summed E-state index contributed by atoms with van der Waals surface area (Å²) < 4.78 is 1.60. The standard InChI is InChI=1S/C11H9ClN6/c1-13-11-14-6-7(12)10(15-11)18-9-5-3-2-4-8(9)16-17-18/h2-6H,1H3,(H,13,14,15). The number of fused-ring (bicyclic) bond motifs is 1. The molecule has 18 heavy (non-hydrogen) atoms. The molecule has 90 valence electrons. The number of para-hydroxylation sites is 1. The second-order valence-electron chi connectivity index (χ2n) is 3.61. The molecule has 0 unspecified atom stereocenters. The van der Waals surface area contributed by atoms with Crippen LogP contribution in [-0.2, 0) is 0 Å². The van der Waals surface area contributed by atoms with Gasteiger partial charge in [0.15, 0.2) is 5.82 Å². The predicted octanol–water partition coefficient (Wildman–Crippen LogP) is 1.91. The molecule has 6 nitrogen and oxygen atoms in total. The van der Waals surface area contributed by atoms with Gasteiger partial charge in [-0.1, -0.05) is 28.9 Å². The summed E-state index contributed by atoms with van der Waals surface area (Å²) in [6.07, 6.45) is 1.53. The Morgan fingerprint density at radius 3 is 2.94 bits per heavy atom. The van der Waals surface area contributed by atoms with Crippen molar-refractivity contribution in [2.45, 2.75) is 0 Å². The first kappa shape index (κ1) is 10.9. The lowest BCUT2D eigenvalue weighted by Crippen LogP contribution is -2.05. The quantitative estimate of drug-likeness (QED) is 0.762. The van der Waals surface area contributed by atoms with E-state index in [1.54, 1.807) is 11.7 Å². The van der Waals surface area contributed by atoms with Gasteiger partial charge in [-0.25, -0.2) is 4.98 Å². The number of halogens is 1. The van der Waals surface area contributed by atoms with Crippen LogP contribution in [0.15, 0.2) is 30.5 Å². The van der Waals surface area contributed by atoms with Gasteiger partial charge in [0, 0.05) is 7.05 Å². The minimum atomic E-state index is 0.421. The predicted molar refractivity (Wildman–Crippen MR) is 69.0 cm³/mol. The van der Waals surface area contributed by atoms with E-state index in [4.69, 9.17) is 11.6 Å². The lowest BCUT2D eigenvalue weighted by Gasteiger charge is -2.05. The van der Waals surface area contributed by atoms with Gasteiger partial charge in [-0.05, 0) is 12.1 Å². The van der Waals surface area contributed by atoms with Gasteiger partial charge in [-0.2, -0.15) is 9.67 Å². The molecule has 0 aliphatic heterocycles. The smallest absolute Gasteiger partial charge is 0.224 e. The molecular weight excluding hydrogens is 252 g/mol. The molecule has 0 saturated carbocycles. The highest BCUT2D eigenvalue weighted by Crippen LogP contribution is 2.21. The van der Waals surface area contributed by atoms with Crippen molar-refractivity contribution in [1.82, 2.24) is 25.0 Å². The van der Waals surface area contributed by atoms with Crippen LogP contribution in [0.2, 0.25) is 5.02 Å². The minimum absolute atomic E-state index is 0.421. The van der Waals surface area contributed by atoms with Crippen LogP contribution in [-0.4, -0.2) is 32.0 Å². The first-order valence-corrected chi connectivity index (χ1v) is 5.68. The molecule has 1 aromatic carbocycles. The van der Waals surface area contributed by atoms with E-state index in [2.05, 4.69) is 25.6 Å². The summed E-state index contributed by atoms with van der Waals surface area (Å²) in [5.74, 6) is 0.985. The summed E-state index contributed by atoms with van der Waals surface area (Å²) in [5.41, 5.74) is 1.64. The first-order valence-electron chi connectivity index (χ1n) is 5.30. The number of hydrogen-bond donors (Lipinski definition) is 1. The number of anilines is 1. The molecule has 0 amide bonds. The topological polar surface area (TPSA) is 68.5 Å². The summed E-state index contributed by atoms with van der Waals surface area (Å²) in [6, 6.07) is 7.61. The highest BCUT2D eigenvalue weighted by molar-refractivity contribution is 6.32. The normalized spacial score (nSPS) is 10.8. The average molecular weight is 261 g/mol. The Morgan fingerprint density at radius 1 is 1.28 bits per heavy atom. The third-order valence-corrected chi connectivity index (χ3v) is 2.77. The van der Waals surface area contributed by atoms with Crippen LogP contribution >= 0.6 is 11.6 Å². The van der Waals surface area contributed by atoms with E-state index in [0.717, 1.165) is 11.0 Å². The Bertz CT molecular complexity index is 708. The van der Waals surface area contributed by atoms with Crippen LogP contribution in [0.5, 0.6) is 0 Å². The van der Waals surface area contributed by atoms with Crippen molar-refractivity contribution >= 4 is 28.6 Å². The highest BCUT2D eigenvalue weighted by atomic mass is 35.5. The Morgan fingerprint density at radius 2 is 2.11 bits per heavy atom. The van der Waals surface area contributed by atoms with Crippen molar-refractivity contribution in [1.29, 1.82) is 0 Å². The molecule has 0 atom stereocenters. The number of nitrogens with zero attached hydrogens (tertiary/aromatic N) is 5. The molecule has 3 aromatic rings. The zero-order valence-electron chi connectivity index (χ0n) is 9.50. The molecule has 1 N–H and O–H groups in total. The van der Waals surface area contributed by atoms with Crippen LogP contribution in [0.25, 0.3) is 16.9 Å². The largest absolute Gasteiger partial charge is 0.357 e. The second-order valence-corrected chi connectivity index (χ2v) is 4.01. The van der Waals surface area contributed by atoms with Crippen LogP contribution in [0.4, 0.5) is 5.95 Å².